The monoisotopic (exact) mass is 290 g/mol. The lowest BCUT2D eigenvalue weighted by atomic mass is 10.1. The average Bonchev–Trinajstić information content (AvgIpc) is 2.72. The summed E-state index contributed by atoms with van der Waals surface area (Å²) < 4.78 is 4.87. The van der Waals surface area contributed by atoms with Gasteiger partial charge in [-0.05, 0) is 32.4 Å². The molecule has 2 unspecified atom stereocenters. The number of rotatable bonds is 2. The molecule has 1 aromatic heterocycles. The number of hydrogen-bond donors (Lipinski definition) is 1. The second-order valence-corrected chi connectivity index (χ2v) is 5.92. The Balaban J connectivity index is 1.91. The van der Waals surface area contributed by atoms with E-state index in [1.54, 1.807) is 12.3 Å². The molecule has 2 aliphatic rings. The summed E-state index contributed by atoms with van der Waals surface area (Å²) in [4.78, 5) is 21.1. The topological polar surface area (TPSA) is 71.7 Å². The van der Waals surface area contributed by atoms with Crippen molar-refractivity contribution in [1.82, 2.24) is 9.88 Å². The van der Waals surface area contributed by atoms with Gasteiger partial charge in [0.15, 0.2) is 0 Å². The molecule has 2 bridgehead atoms. The molecule has 114 valence electrons. The molecule has 6 nitrogen and oxygen atoms in total. The van der Waals surface area contributed by atoms with Crippen molar-refractivity contribution in [1.29, 1.82) is 0 Å². The molecule has 0 aromatic carbocycles. The van der Waals surface area contributed by atoms with Crippen LogP contribution >= 0.6 is 0 Å². The van der Waals surface area contributed by atoms with E-state index in [9.17, 15) is 4.79 Å². The number of likely N-dealkylation sites (N-methyl/N-ethyl adjacent to an activating group) is 1. The minimum atomic E-state index is -0.382. The summed E-state index contributed by atoms with van der Waals surface area (Å²) in [5.41, 5.74) is 6.70. The zero-order chi connectivity index (χ0) is 15.0. The van der Waals surface area contributed by atoms with Crippen molar-refractivity contribution in [3.63, 3.8) is 0 Å². The molecule has 2 atom stereocenters. The van der Waals surface area contributed by atoms with Gasteiger partial charge in [0.1, 0.15) is 11.4 Å². The third kappa shape index (κ3) is 2.55. The van der Waals surface area contributed by atoms with Gasteiger partial charge in [0.2, 0.25) is 0 Å². The number of carbonyl (C=O) groups excluding carboxylic acids is 1. The Bertz CT molecular complexity index is 548. The highest BCUT2D eigenvalue weighted by Gasteiger charge is 2.35. The number of esters is 1. The molecule has 0 spiro atoms. The van der Waals surface area contributed by atoms with Crippen LogP contribution in [-0.2, 0) is 4.74 Å². The predicted molar refractivity (Wildman–Crippen MR) is 81.4 cm³/mol. The summed E-state index contributed by atoms with van der Waals surface area (Å²) in [5.74, 6) is 0.310. The van der Waals surface area contributed by atoms with Crippen LogP contribution in [0, 0.1) is 0 Å². The van der Waals surface area contributed by atoms with Crippen LogP contribution in [-0.4, -0.2) is 55.2 Å². The summed E-state index contributed by atoms with van der Waals surface area (Å²) >= 11 is 0. The second-order valence-electron chi connectivity index (χ2n) is 5.92. The van der Waals surface area contributed by atoms with Gasteiger partial charge >= 0.3 is 5.97 Å². The average molecular weight is 290 g/mol. The Morgan fingerprint density at radius 3 is 2.90 bits per heavy atom. The zero-order valence-corrected chi connectivity index (χ0v) is 12.6. The molecule has 2 aliphatic heterocycles. The molecule has 6 heteroatoms. The molecule has 0 radical (unpaired) electrons. The second kappa shape index (κ2) is 5.52. The fraction of sp³-hybridized carbons (Fsp3) is 0.600. The normalized spacial score (nSPS) is 25.7. The Kier molecular flexibility index (Phi) is 3.71. The fourth-order valence-corrected chi connectivity index (χ4v) is 3.49. The van der Waals surface area contributed by atoms with Gasteiger partial charge in [0.05, 0.1) is 19.0 Å². The van der Waals surface area contributed by atoms with E-state index < -0.39 is 0 Å². The van der Waals surface area contributed by atoms with E-state index in [2.05, 4.69) is 21.8 Å². The summed E-state index contributed by atoms with van der Waals surface area (Å²) in [6, 6.07) is 2.83. The molecule has 0 amide bonds. The number of nitrogen functional groups attached to an aromatic ring is 1. The molecular formula is C15H22N4O2. The third-order valence-corrected chi connectivity index (χ3v) is 4.74. The molecule has 1 aromatic rings. The molecule has 0 aliphatic carbocycles. The van der Waals surface area contributed by atoms with E-state index >= 15 is 0 Å². The van der Waals surface area contributed by atoms with E-state index in [0.717, 1.165) is 19.5 Å². The van der Waals surface area contributed by atoms with Crippen molar-refractivity contribution in [2.75, 3.05) is 37.9 Å². The number of fused-ring (bicyclic) bond motifs is 2. The van der Waals surface area contributed by atoms with Crippen LogP contribution < -0.4 is 10.6 Å². The van der Waals surface area contributed by atoms with E-state index in [1.807, 2.05) is 0 Å². The summed E-state index contributed by atoms with van der Waals surface area (Å²) in [6.07, 6.45) is 5.18. The number of carbonyl (C=O) groups is 1. The number of nitrogens with two attached hydrogens (primary N) is 1. The quantitative estimate of drug-likeness (QED) is 0.823. The number of ether oxygens (including phenoxy) is 1. The molecule has 2 saturated heterocycles. The highest BCUT2D eigenvalue weighted by molar-refractivity contribution is 5.95. The largest absolute Gasteiger partial charge is 0.465 e. The number of aromatic nitrogens is 1. The lowest BCUT2D eigenvalue weighted by Crippen LogP contribution is -2.37. The molecule has 3 rings (SSSR count). The summed E-state index contributed by atoms with van der Waals surface area (Å²) in [5, 5.41) is 0. The Morgan fingerprint density at radius 1 is 1.38 bits per heavy atom. The number of pyridine rings is 1. The first-order chi connectivity index (χ1) is 10.1. The van der Waals surface area contributed by atoms with Crippen molar-refractivity contribution in [2.24, 2.45) is 0 Å². The van der Waals surface area contributed by atoms with Crippen molar-refractivity contribution in [3.05, 3.63) is 17.8 Å². The molecule has 2 fully saturated rings. The Hall–Kier alpha value is -1.82. The van der Waals surface area contributed by atoms with Crippen LogP contribution in [0.3, 0.4) is 0 Å². The minimum absolute atomic E-state index is 0.382. The van der Waals surface area contributed by atoms with Crippen LogP contribution in [0.1, 0.15) is 29.6 Å². The van der Waals surface area contributed by atoms with Crippen LogP contribution in [0.2, 0.25) is 0 Å². The smallest absolute Gasteiger partial charge is 0.341 e. The van der Waals surface area contributed by atoms with Gasteiger partial charge in [-0.3, -0.25) is 4.90 Å². The van der Waals surface area contributed by atoms with E-state index in [1.165, 1.54) is 20.0 Å². The van der Waals surface area contributed by atoms with Gasteiger partial charge in [-0.25, -0.2) is 9.78 Å². The Morgan fingerprint density at radius 2 is 2.14 bits per heavy atom. The molecule has 21 heavy (non-hydrogen) atoms. The van der Waals surface area contributed by atoms with Gasteiger partial charge in [0.25, 0.3) is 0 Å². The highest BCUT2D eigenvalue weighted by Crippen LogP contribution is 2.31. The first kappa shape index (κ1) is 14.1. The van der Waals surface area contributed by atoms with E-state index in [-0.39, 0.29) is 5.97 Å². The van der Waals surface area contributed by atoms with Crippen molar-refractivity contribution in [3.8, 4) is 0 Å². The van der Waals surface area contributed by atoms with E-state index in [0.29, 0.717) is 29.2 Å². The van der Waals surface area contributed by atoms with Crippen LogP contribution in [0.4, 0.5) is 11.5 Å². The first-order valence-corrected chi connectivity index (χ1v) is 7.41. The van der Waals surface area contributed by atoms with Gasteiger partial charge in [-0.15, -0.1) is 0 Å². The summed E-state index contributed by atoms with van der Waals surface area (Å²) in [7, 11) is 3.58. The van der Waals surface area contributed by atoms with Gasteiger partial charge < -0.3 is 15.4 Å². The number of hydrogen-bond acceptors (Lipinski definition) is 6. The number of anilines is 2. The number of nitrogens with zero attached hydrogens (tertiary/aromatic N) is 3. The van der Waals surface area contributed by atoms with Crippen molar-refractivity contribution in [2.45, 2.75) is 31.3 Å². The van der Waals surface area contributed by atoms with Crippen LogP contribution in [0.5, 0.6) is 0 Å². The SMILES string of the molecule is COC(=O)c1cc(N)cnc1N1CCC2CCC(C1)N2C. The lowest BCUT2D eigenvalue weighted by Gasteiger charge is -2.27. The van der Waals surface area contributed by atoms with Crippen LogP contribution in [0.25, 0.3) is 0 Å². The van der Waals surface area contributed by atoms with Crippen molar-refractivity contribution >= 4 is 17.5 Å². The van der Waals surface area contributed by atoms with Crippen LogP contribution in [0.15, 0.2) is 12.3 Å². The standard InChI is InChI=1S/C15H22N4O2/c1-18-11-3-4-12(18)9-19(6-5-11)14-13(15(20)21-2)7-10(16)8-17-14/h7-8,11-12H,3-6,9,16H2,1-2H3. The van der Waals surface area contributed by atoms with E-state index in [4.69, 9.17) is 10.5 Å². The maximum atomic E-state index is 12.0. The maximum absolute atomic E-state index is 12.0. The number of methoxy groups -OCH3 is 1. The molecule has 2 N–H and O–H groups in total. The highest BCUT2D eigenvalue weighted by atomic mass is 16.5. The van der Waals surface area contributed by atoms with Gasteiger partial charge in [-0.2, -0.15) is 0 Å². The lowest BCUT2D eigenvalue weighted by molar-refractivity contribution is 0.0601. The summed E-state index contributed by atoms with van der Waals surface area (Å²) in [6.45, 7) is 1.81. The zero-order valence-electron chi connectivity index (χ0n) is 12.6. The van der Waals surface area contributed by atoms with Gasteiger partial charge in [0, 0.05) is 25.2 Å². The van der Waals surface area contributed by atoms with Crippen molar-refractivity contribution < 1.29 is 9.53 Å². The molecule has 3 heterocycles. The first-order valence-electron chi connectivity index (χ1n) is 7.41. The predicted octanol–water partition coefficient (Wildman–Crippen LogP) is 1.12. The Labute approximate surface area is 124 Å². The molecular weight excluding hydrogens is 268 g/mol. The molecule has 0 saturated carbocycles. The van der Waals surface area contributed by atoms with Gasteiger partial charge in [-0.1, -0.05) is 0 Å². The third-order valence-electron chi connectivity index (χ3n) is 4.74. The maximum Gasteiger partial charge on any atom is 0.341 e. The fourth-order valence-electron chi connectivity index (χ4n) is 3.49. The minimum Gasteiger partial charge on any atom is -0.465 e.